The van der Waals surface area contributed by atoms with Gasteiger partial charge in [0, 0.05) is 5.92 Å². The molecule has 32 heavy (non-hydrogen) atoms. The van der Waals surface area contributed by atoms with Gasteiger partial charge in [0.05, 0.1) is 12.1 Å². The van der Waals surface area contributed by atoms with E-state index in [9.17, 15) is 14.7 Å². The number of ketones is 1. The molecule has 0 amide bonds. The summed E-state index contributed by atoms with van der Waals surface area (Å²) in [6.45, 7) is 2.70. The van der Waals surface area contributed by atoms with Gasteiger partial charge in [-0.2, -0.15) is 0 Å². The molecule has 6 nitrogen and oxygen atoms in total. The van der Waals surface area contributed by atoms with Crippen molar-refractivity contribution in [3.05, 3.63) is 71.8 Å². The fraction of sp³-hybridized carbons (Fsp3) is 0.385. The number of Topliss-reactive ketones (excluding diaryl/α,β-unsaturated/α-hetero) is 1. The van der Waals surface area contributed by atoms with E-state index < -0.39 is 5.97 Å². The van der Waals surface area contributed by atoms with E-state index in [4.69, 9.17) is 0 Å². The normalized spacial score (nSPS) is 18.4. The zero-order valence-electron chi connectivity index (χ0n) is 18.4. The van der Waals surface area contributed by atoms with Crippen molar-refractivity contribution in [2.45, 2.75) is 52.0 Å². The van der Waals surface area contributed by atoms with Crippen LogP contribution in [0.2, 0.25) is 0 Å². The van der Waals surface area contributed by atoms with Crippen LogP contribution >= 0.6 is 0 Å². The van der Waals surface area contributed by atoms with E-state index in [1.807, 2.05) is 36.4 Å². The highest BCUT2D eigenvalue weighted by atomic mass is 16.4. The third-order valence-corrected chi connectivity index (χ3v) is 6.37. The Balaban J connectivity index is 1.43. The minimum absolute atomic E-state index is 0.0461. The number of aromatic carboxylic acids is 1. The third kappa shape index (κ3) is 4.96. The second kappa shape index (κ2) is 9.90. The first kappa shape index (κ1) is 21.9. The van der Waals surface area contributed by atoms with Gasteiger partial charge < -0.3 is 5.11 Å². The molecule has 166 valence electrons. The van der Waals surface area contributed by atoms with Crippen LogP contribution in [0.3, 0.4) is 0 Å². The summed E-state index contributed by atoms with van der Waals surface area (Å²) in [5.74, 6) is 0.145. The number of carbonyl (C=O) groups excluding carboxylic acids is 1. The number of carboxylic acids is 1. The van der Waals surface area contributed by atoms with Gasteiger partial charge in [-0.1, -0.05) is 75.1 Å². The smallest absolute Gasteiger partial charge is 0.336 e. The molecule has 1 aliphatic rings. The molecule has 2 atom stereocenters. The molecule has 1 fully saturated rings. The zero-order chi connectivity index (χ0) is 22.5. The van der Waals surface area contributed by atoms with Crippen LogP contribution in [0.15, 0.2) is 54.9 Å². The fourth-order valence-corrected chi connectivity index (χ4v) is 4.76. The van der Waals surface area contributed by atoms with Gasteiger partial charge in [0.2, 0.25) is 11.6 Å². The Morgan fingerprint density at radius 2 is 1.88 bits per heavy atom. The molecular formula is C26H29N3O3. The number of hydrogen-bond donors (Lipinski definition) is 1. The molecule has 2 unspecified atom stereocenters. The predicted molar refractivity (Wildman–Crippen MR) is 123 cm³/mol. The van der Waals surface area contributed by atoms with E-state index in [-0.39, 0.29) is 17.3 Å². The molecular weight excluding hydrogens is 402 g/mol. The minimum atomic E-state index is -0.941. The molecule has 1 heterocycles. The number of rotatable bonds is 8. The summed E-state index contributed by atoms with van der Waals surface area (Å²) in [7, 11) is 0. The maximum absolute atomic E-state index is 12.9. The van der Waals surface area contributed by atoms with E-state index >= 15 is 0 Å². The Morgan fingerprint density at radius 3 is 2.62 bits per heavy atom. The molecule has 0 radical (unpaired) electrons. The molecule has 0 bridgehead atoms. The van der Waals surface area contributed by atoms with E-state index in [1.165, 1.54) is 19.3 Å². The highest BCUT2D eigenvalue weighted by Crippen LogP contribution is 2.33. The van der Waals surface area contributed by atoms with Gasteiger partial charge in [0.1, 0.15) is 6.33 Å². The fourth-order valence-electron chi connectivity index (χ4n) is 4.76. The molecule has 2 aromatic carbocycles. The Labute approximate surface area is 188 Å². The summed E-state index contributed by atoms with van der Waals surface area (Å²) in [5.41, 5.74) is 2.82. The van der Waals surface area contributed by atoms with Crippen LogP contribution < -0.4 is 0 Å². The quantitative estimate of drug-likeness (QED) is 0.477. The molecule has 1 saturated carbocycles. The highest BCUT2D eigenvalue weighted by molar-refractivity contribution is 5.96. The lowest BCUT2D eigenvalue weighted by Crippen LogP contribution is -2.24. The standard InChI is InChI=1S/C26H29N3O3/c1-2-6-18-7-5-8-21(15-18)24(30)25-27-17-29(28-25)16-19-11-13-20(14-12-19)22-9-3-4-10-23(22)26(31)32/h3-4,9-14,17-18,21H,2,5-8,15-16H2,1H3,(H,31,32). The van der Waals surface area contributed by atoms with Crippen LogP contribution in [0.25, 0.3) is 11.1 Å². The van der Waals surface area contributed by atoms with Crippen molar-refractivity contribution < 1.29 is 14.7 Å². The molecule has 3 aromatic rings. The minimum Gasteiger partial charge on any atom is -0.478 e. The van der Waals surface area contributed by atoms with Gasteiger partial charge >= 0.3 is 5.97 Å². The summed E-state index contributed by atoms with van der Waals surface area (Å²) < 4.78 is 1.69. The van der Waals surface area contributed by atoms with Gasteiger partial charge in [-0.3, -0.25) is 4.79 Å². The number of carbonyl (C=O) groups is 2. The number of aromatic nitrogens is 3. The summed E-state index contributed by atoms with van der Waals surface area (Å²) >= 11 is 0. The Morgan fingerprint density at radius 1 is 1.09 bits per heavy atom. The summed E-state index contributed by atoms with van der Waals surface area (Å²) in [6, 6.07) is 14.7. The Bertz CT molecular complexity index is 1090. The van der Waals surface area contributed by atoms with Crippen molar-refractivity contribution in [1.29, 1.82) is 0 Å². The SMILES string of the molecule is CCCC1CCCC(C(=O)c2ncn(Cc3ccc(-c4ccccc4C(=O)O)cc3)n2)C1. The molecule has 4 rings (SSSR count). The maximum Gasteiger partial charge on any atom is 0.336 e. The first-order valence-electron chi connectivity index (χ1n) is 11.4. The average molecular weight is 432 g/mol. The van der Waals surface area contributed by atoms with E-state index in [1.54, 1.807) is 23.1 Å². The van der Waals surface area contributed by atoms with Gasteiger partial charge in [-0.05, 0) is 41.5 Å². The molecule has 0 aliphatic heterocycles. The van der Waals surface area contributed by atoms with Gasteiger partial charge in [0.15, 0.2) is 0 Å². The van der Waals surface area contributed by atoms with Crippen LogP contribution in [-0.4, -0.2) is 31.6 Å². The lowest BCUT2D eigenvalue weighted by atomic mass is 9.77. The Kier molecular flexibility index (Phi) is 6.78. The monoisotopic (exact) mass is 431 g/mol. The average Bonchev–Trinajstić information content (AvgIpc) is 3.28. The van der Waals surface area contributed by atoms with Crippen molar-refractivity contribution in [2.75, 3.05) is 0 Å². The second-order valence-electron chi connectivity index (χ2n) is 8.70. The molecule has 0 spiro atoms. The van der Waals surface area contributed by atoms with Crippen LogP contribution in [0.1, 0.15) is 72.0 Å². The summed E-state index contributed by atoms with van der Waals surface area (Å²) in [5, 5.41) is 13.9. The zero-order valence-corrected chi connectivity index (χ0v) is 18.4. The second-order valence-corrected chi connectivity index (χ2v) is 8.70. The third-order valence-electron chi connectivity index (χ3n) is 6.37. The van der Waals surface area contributed by atoms with Gasteiger partial charge in [-0.15, -0.1) is 5.10 Å². The summed E-state index contributed by atoms with van der Waals surface area (Å²) in [6.07, 6.45) is 8.21. The highest BCUT2D eigenvalue weighted by Gasteiger charge is 2.29. The van der Waals surface area contributed by atoms with Crippen LogP contribution in [0, 0.1) is 11.8 Å². The first-order chi connectivity index (χ1) is 15.5. The van der Waals surface area contributed by atoms with Gasteiger partial charge in [-0.25, -0.2) is 14.5 Å². The molecule has 1 N–H and O–H groups in total. The number of nitrogens with zero attached hydrogens (tertiary/aromatic N) is 3. The van der Waals surface area contributed by atoms with Crippen LogP contribution in [-0.2, 0) is 6.54 Å². The van der Waals surface area contributed by atoms with Crippen molar-refractivity contribution in [3.63, 3.8) is 0 Å². The van der Waals surface area contributed by atoms with E-state index in [0.29, 0.717) is 23.9 Å². The van der Waals surface area contributed by atoms with Crippen molar-refractivity contribution in [1.82, 2.24) is 14.8 Å². The number of carboxylic acid groups (broad SMARTS) is 1. The van der Waals surface area contributed by atoms with Crippen molar-refractivity contribution in [3.8, 4) is 11.1 Å². The molecule has 1 aromatic heterocycles. The summed E-state index contributed by atoms with van der Waals surface area (Å²) in [4.78, 5) is 28.7. The predicted octanol–water partition coefficient (Wildman–Crippen LogP) is 5.48. The van der Waals surface area contributed by atoms with Crippen LogP contribution in [0.5, 0.6) is 0 Å². The number of hydrogen-bond acceptors (Lipinski definition) is 4. The topological polar surface area (TPSA) is 85.1 Å². The number of benzene rings is 2. The Hall–Kier alpha value is -3.28. The molecule has 1 aliphatic carbocycles. The van der Waals surface area contributed by atoms with E-state index in [2.05, 4.69) is 17.0 Å². The first-order valence-corrected chi connectivity index (χ1v) is 11.4. The lowest BCUT2D eigenvalue weighted by Gasteiger charge is -2.27. The van der Waals surface area contributed by atoms with Crippen molar-refractivity contribution >= 4 is 11.8 Å². The van der Waals surface area contributed by atoms with E-state index in [0.717, 1.165) is 30.4 Å². The largest absolute Gasteiger partial charge is 0.478 e. The van der Waals surface area contributed by atoms with Gasteiger partial charge in [0.25, 0.3) is 0 Å². The van der Waals surface area contributed by atoms with Crippen molar-refractivity contribution in [2.24, 2.45) is 11.8 Å². The van der Waals surface area contributed by atoms with Crippen LogP contribution in [0.4, 0.5) is 0 Å². The lowest BCUT2D eigenvalue weighted by molar-refractivity contribution is 0.0697. The molecule has 6 heteroatoms. The molecule has 0 saturated heterocycles. The maximum atomic E-state index is 12.9.